The van der Waals surface area contributed by atoms with Gasteiger partial charge in [0.1, 0.15) is 4.70 Å². The first-order valence-electron chi connectivity index (χ1n) is 11.5. The first kappa shape index (κ1) is 22.5. The third-order valence-corrected chi connectivity index (χ3v) is 7.36. The van der Waals surface area contributed by atoms with Crippen molar-refractivity contribution in [2.75, 3.05) is 6.54 Å². The number of amides is 1. The van der Waals surface area contributed by atoms with Crippen LogP contribution in [0.2, 0.25) is 0 Å². The molecule has 6 nitrogen and oxygen atoms in total. The van der Waals surface area contributed by atoms with Gasteiger partial charge in [-0.3, -0.25) is 18.7 Å². The minimum Gasteiger partial charge on any atom is -0.356 e. The minimum absolute atomic E-state index is 0.0484. The number of benzene rings is 1. The van der Waals surface area contributed by atoms with Gasteiger partial charge in [-0.15, -0.1) is 11.3 Å². The predicted molar refractivity (Wildman–Crippen MR) is 129 cm³/mol. The third-order valence-electron chi connectivity index (χ3n) is 6.47. The lowest BCUT2D eigenvalue weighted by molar-refractivity contribution is -0.126. The molecule has 1 aliphatic carbocycles. The number of nitrogens with zero attached hydrogens (tertiary/aromatic N) is 2. The van der Waals surface area contributed by atoms with Crippen LogP contribution in [0.15, 0.2) is 45.3 Å². The van der Waals surface area contributed by atoms with E-state index in [1.807, 2.05) is 43.5 Å². The van der Waals surface area contributed by atoms with Gasteiger partial charge in [-0.25, -0.2) is 4.79 Å². The molecule has 7 heteroatoms. The predicted octanol–water partition coefficient (Wildman–Crippen LogP) is 3.91. The summed E-state index contributed by atoms with van der Waals surface area (Å²) in [4.78, 5) is 38.8. The second kappa shape index (κ2) is 9.86. The zero-order valence-corrected chi connectivity index (χ0v) is 19.6. The number of carbonyl (C=O) groups excluding carboxylic acids is 1. The molecule has 0 atom stereocenters. The van der Waals surface area contributed by atoms with E-state index in [1.54, 1.807) is 4.57 Å². The molecule has 1 saturated carbocycles. The Morgan fingerprint density at radius 1 is 1.12 bits per heavy atom. The Kier molecular flexibility index (Phi) is 6.94. The maximum atomic E-state index is 13.4. The summed E-state index contributed by atoms with van der Waals surface area (Å²) in [5.74, 6) is 0.427. The van der Waals surface area contributed by atoms with Crippen LogP contribution in [0.4, 0.5) is 0 Å². The topological polar surface area (TPSA) is 73.1 Å². The largest absolute Gasteiger partial charge is 0.356 e. The van der Waals surface area contributed by atoms with E-state index in [4.69, 9.17) is 0 Å². The van der Waals surface area contributed by atoms with Crippen molar-refractivity contribution in [3.8, 4) is 0 Å². The fraction of sp³-hybridized carbons (Fsp3) is 0.480. The molecule has 1 N–H and O–H groups in total. The summed E-state index contributed by atoms with van der Waals surface area (Å²) in [5.41, 5.74) is 2.46. The molecule has 0 radical (unpaired) electrons. The highest BCUT2D eigenvalue weighted by Gasteiger charge is 2.27. The molecular formula is C25H31N3O3S. The van der Waals surface area contributed by atoms with Crippen LogP contribution in [0.25, 0.3) is 10.2 Å². The lowest BCUT2D eigenvalue weighted by atomic mass is 9.81. The van der Waals surface area contributed by atoms with E-state index in [0.717, 1.165) is 49.8 Å². The van der Waals surface area contributed by atoms with Crippen LogP contribution in [0.1, 0.15) is 50.2 Å². The molecule has 4 rings (SSSR count). The van der Waals surface area contributed by atoms with Crippen molar-refractivity contribution >= 4 is 27.5 Å². The summed E-state index contributed by atoms with van der Waals surface area (Å²) in [6.45, 7) is 5.66. The third kappa shape index (κ3) is 4.72. The van der Waals surface area contributed by atoms with Crippen LogP contribution in [-0.2, 0) is 17.9 Å². The maximum Gasteiger partial charge on any atom is 0.331 e. The summed E-state index contributed by atoms with van der Waals surface area (Å²) in [6.07, 6.45) is 4.28. The first-order chi connectivity index (χ1) is 15.5. The van der Waals surface area contributed by atoms with Crippen molar-refractivity contribution in [1.82, 2.24) is 14.5 Å². The van der Waals surface area contributed by atoms with Crippen LogP contribution >= 0.6 is 11.3 Å². The molecule has 1 fully saturated rings. The van der Waals surface area contributed by atoms with E-state index in [-0.39, 0.29) is 29.0 Å². The number of aryl methyl sites for hydroxylation is 1. The van der Waals surface area contributed by atoms with Crippen LogP contribution in [0, 0.1) is 18.8 Å². The standard InChI is InChI=1S/C25H31N3O3S/c1-3-12-26-23(29)20-9-7-18(8-10-20)15-28-24(30)22-21(11-13-32-22)27(25(28)31)16-19-6-4-5-17(2)14-19/h4-6,11,13-14,18,20H,3,7-10,12,15-16H2,1-2H3,(H,26,29). The molecule has 2 heterocycles. The Bertz CT molecular complexity index is 1220. The zero-order valence-electron chi connectivity index (χ0n) is 18.8. The summed E-state index contributed by atoms with van der Waals surface area (Å²) in [5, 5.41) is 4.87. The number of aromatic nitrogens is 2. The zero-order chi connectivity index (χ0) is 22.7. The quantitative estimate of drug-likeness (QED) is 0.589. The lowest BCUT2D eigenvalue weighted by Crippen LogP contribution is -2.42. The van der Waals surface area contributed by atoms with Gasteiger partial charge in [0.25, 0.3) is 5.56 Å². The average molecular weight is 454 g/mol. The van der Waals surface area contributed by atoms with E-state index in [0.29, 0.717) is 23.3 Å². The van der Waals surface area contributed by atoms with Gasteiger partial charge in [-0.2, -0.15) is 0 Å². The van der Waals surface area contributed by atoms with Gasteiger partial charge in [0.15, 0.2) is 0 Å². The van der Waals surface area contributed by atoms with Crippen molar-refractivity contribution in [2.45, 2.75) is 59.0 Å². The molecule has 3 aromatic rings. The van der Waals surface area contributed by atoms with Gasteiger partial charge in [0.05, 0.1) is 12.1 Å². The van der Waals surface area contributed by atoms with E-state index >= 15 is 0 Å². The van der Waals surface area contributed by atoms with E-state index in [2.05, 4.69) is 11.4 Å². The van der Waals surface area contributed by atoms with Gasteiger partial charge in [-0.1, -0.05) is 36.8 Å². The number of rotatable bonds is 7. The molecule has 0 unspecified atom stereocenters. The lowest BCUT2D eigenvalue weighted by Gasteiger charge is -2.28. The first-order valence-corrected chi connectivity index (χ1v) is 12.4. The molecular weight excluding hydrogens is 422 g/mol. The molecule has 1 amide bonds. The Morgan fingerprint density at radius 3 is 2.62 bits per heavy atom. The normalized spacial score (nSPS) is 18.7. The Hall–Kier alpha value is -2.67. The van der Waals surface area contributed by atoms with Gasteiger partial charge in [0.2, 0.25) is 5.91 Å². The van der Waals surface area contributed by atoms with E-state index in [9.17, 15) is 14.4 Å². The number of hydrogen-bond acceptors (Lipinski definition) is 4. The molecule has 0 aliphatic heterocycles. The summed E-state index contributed by atoms with van der Waals surface area (Å²) < 4.78 is 3.78. The number of carbonyl (C=O) groups is 1. The van der Waals surface area contributed by atoms with Crippen LogP contribution in [0.5, 0.6) is 0 Å². The fourth-order valence-electron chi connectivity index (χ4n) is 4.70. The molecule has 0 bridgehead atoms. The molecule has 2 aromatic heterocycles. The Labute approximate surface area is 191 Å². The van der Waals surface area contributed by atoms with Gasteiger partial charge in [0, 0.05) is 19.0 Å². The molecule has 32 heavy (non-hydrogen) atoms. The van der Waals surface area contributed by atoms with Gasteiger partial charge >= 0.3 is 5.69 Å². The second-order valence-corrected chi connectivity index (χ2v) is 9.83. The summed E-state index contributed by atoms with van der Waals surface area (Å²) in [6, 6.07) is 9.98. The molecule has 1 aliphatic rings. The second-order valence-electron chi connectivity index (χ2n) is 8.92. The molecule has 1 aromatic carbocycles. The molecule has 0 saturated heterocycles. The van der Waals surface area contributed by atoms with Crippen LogP contribution < -0.4 is 16.6 Å². The maximum absolute atomic E-state index is 13.4. The highest BCUT2D eigenvalue weighted by Crippen LogP contribution is 2.30. The number of nitrogens with one attached hydrogen (secondary N) is 1. The van der Waals surface area contributed by atoms with Crippen LogP contribution in [0.3, 0.4) is 0 Å². The van der Waals surface area contributed by atoms with Crippen LogP contribution in [-0.4, -0.2) is 21.6 Å². The Balaban J connectivity index is 1.57. The smallest absolute Gasteiger partial charge is 0.331 e. The molecule has 0 spiro atoms. The van der Waals surface area contributed by atoms with Crippen molar-refractivity contribution in [1.29, 1.82) is 0 Å². The number of thiophene rings is 1. The van der Waals surface area contributed by atoms with Crippen molar-refractivity contribution in [3.05, 3.63) is 67.7 Å². The highest BCUT2D eigenvalue weighted by molar-refractivity contribution is 7.17. The SMILES string of the molecule is CCCNC(=O)C1CCC(Cn2c(=O)c3sccc3n(Cc3cccc(C)c3)c2=O)CC1. The highest BCUT2D eigenvalue weighted by atomic mass is 32.1. The van der Waals surface area contributed by atoms with Gasteiger partial charge in [-0.05, 0) is 62.0 Å². The van der Waals surface area contributed by atoms with Gasteiger partial charge < -0.3 is 5.32 Å². The monoisotopic (exact) mass is 453 g/mol. The summed E-state index contributed by atoms with van der Waals surface area (Å²) in [7, 11) is 0. The molecule has 170 valence electrons. The number of hydrogen-bond donors (Lipinski definition) is 1. The van der Waals surface area contributed by atoms with E-state index in [1.165, 1.54) is 15.9 Å². The Morgan fingerprint density at radius 2 is 1.91 bits per heavy atom. The number of fused-ring (bicyclic) bond motifs is 1. The van der Waals surface area contributed by atoms with Crippen molar-refractivity contribution in [2.24, 2.45) is 11.8 Å². The van der Waals surface area contributed by atoms with Crippen molar-refractivity contribution < 1.29 is 4.79 Å². The average Bonchev–Trinajstić information content (AvgIpc) is 3.28. The minimum atomic E-state index is -0.245. The van der Waals surface area contributed by atoms with E-state index < -0.39 is 0 Å². The fourth-order valence-corrected chi connectivity index (χ4v) is 5.54. The van der Waals surface area contributed by atoms with Crippen molar-refractivity contribution in [3.63, 3.8) is 0 Å². The summed E-state index contributed by atoms with van der Waals surface area (Å²) >= 11 is 1.39.